The summed E-state index contributed by atoms with van der Waals surface area (Å²) in [6, 6.07) is 5.28. The molecule has 0 saturated carbocycles. The third-order valence-corrected chi connectivity index (χ3v) is 6.47. The van der Waals surface area contributed by atoms with Crippen LogP contribution in [0.5, 0.6) is 5.75 Å². The highest BCUT2D eigenvalue weighted by atomic mass is 35.5. The van der Waals surface area contributed by atoms with E-state index in [0.717, 1.165) is 24.3 Å². The minimum absolute atomic E-state index is 0. The van der Waals surface area contributed by atoms with Gasteiger partial charge in [-0.25, -0.2) is 4.98 Å². The predicted octanol–water partition coefficient (Wildman–Crippen LogP) is 3.09. The van der Waals surface area contributed by atoms with Crippen LogP contribution < -0.4 is 9.64 Å². The topological polar surface area (TPSA) is 72.7 Å². The molecule has 1 aromatic carbocycles. The molecular weight excluding hydrogens is 449 g/mol. The van der Waals surface area contributed by atoms with Crippen molar-refractivity contribution in [1.29, 1.82) is 0 Å². The molecule has 162 valence electrons. The minimum Gasteiger partial charge on any atom is -0.494 e. The molecule has 1 amide bonds. The van der Waals surface area contributed by atoms with Gasteiger partial charge in [0.15, 0.2) is 5.13 Å². The van der Waals surface area contributed by atoms with Crippen LogP contribution in [0.4, 0.5) is 5.13 Å². The Morgan fingerprint density at radius 1 is 1.33 bits per heavy atom. The molecule has 0 unspecified atom stereocenters. The number of morpholine rings is 1. The standard InChI is InChI=1S/C19H22ClN5O3S.ClH/c1-23-14(5-6-21-23)18(26)25(8-7-24-9-11-28-12-10-24)19-22-16-15(27-2)4-3-13(20)17(16)29-19;/h3-6H,7-12H2,1-2H3;1H. The van der Waals surface area contributed by atoms with Crippen molar-refractivity contribution in [2.45, 2.75) is 0 Å². The summed E-state index contributed by atoms with van der Waals surface area (Å²) < 4.78 is 13.2. The van der Waals surface area contributed by atoms with Gasteiger partial charge < -0.3 is 9.47 Å². The van der Waals surface area contributed by atoms with Gasteiger partial charge in [-0.05, 0) is 18.2 Å². The van der Waals surface area contributed by atoms with E-state index in [9.17, 15) is 4.79 Å². The van der Waals surface area contributed by atoms with Gasteiger partial charge in [0.1, 0.15) is 17.0 Å². The second-order valence-corrected chi connectivity index (χ2v) is 8.06. The normalized spacial score (nSPS) is 14.5. The highest BCUT2D eigenvalue weighted by molar-refractivity contribution is 7.23. The third-order valence-electron chi connectivity index (χ3n) is 4.93. The Hall–Kier alpha value is -1.91. The van der Waals surface area contributed by atoms with E-state index in [0.29, 0.717) is 46.9 Å². The van der Waals surface area contributed by atoms with Gasteiger partial charge >= 0.3 is 0 Å². The Kier molecular flexibility index (Phi) is 7.54. The fourth-order valence-corrected chi connectivity index (χ4v) is 4.57. The van der Waals surface area contributed by atoms with Crippen LogP contribution in [0, 0.1) is 0 Å². The maximum atomic E-state index is 13.3. The lowest BCUT2D eigenvalue weighted by molar-refractivity contribution is 0.0391. The summed E-state index contributed by atoms with van der Waals surface area (Å²) in [5.41, 5.74) is 1.17. The minimum atomic E-state index is -0.146. The Morgan fingerprint density at radius 2 is 2.10 bits per heavy atom. The van der Waals surface area contributed by atoms with E-state index in [2.05, 4.69) is 10.00 Å². The molecule has 3 heterocycles. The summed E-state index contributed by atoms with van der Waals surface area (Å²) in [5.74, 6) is 0.486. The molecule has 1 aliphatic heterocycles. The zero-order valence-corrected chi connectivity index (χ0v) is 19.1. The number of hydrogen-bond acceptors (Lipinski definition) is 7. The van der Waals surface area contributed by atoms with Crippen molar-refractivity contribution in [1.82, 2.24) is 19.7 Å². The third kappa shape index (κ3) is 4.55. The fourth-order valence-electron chi connectivity index (χ4n) is 3.29. The molecule has 0 radical (unpaired) electrons. The first-order valence-corrected chi connectivity index (χ1v) is 10.5. The quantitative estimate of drug-likeness (QED) is 0.549. The van der Waals surface area contributed by atoms with Crippen LogP contribution in [-0.2, 0) is 11.8 Å². The lowest BCUT2D eigenvalue weighted by Crippen LogP contribution is -2.43. The van der Waals surface area contributed by atoms with Crippen molar-refractivity contribution in [2.24, 2.45) is 7.05 Å². The monoisotopic (exact) mass is 471 g/mol. The second-order valence-electron chi connectivity index (χ2n) is 6.67. The summed E-state index contributed by atoms with van der Waals surface area (Å²) in [6.45, 7) is 4.37. The van der Waals surface area contributed by atoms with Gasteiger partial charge in [-0.2, -0.15) is 5.10 Å². The molecule has 0 N–H and O–H groups in total. The van der Waals surface area contributed by atoms with Crippen molar-refractivity contribution in [2.75, 3.05) is 51.4 Å². The molecule has 0 spiro atoms. The summed E-state index contributed by atoms with van der Waals surface area (Å²) in [6.07, 6.45) is 1.62. The van der Waals surface area contributed by atoms with Crippen molar-refractivity contribution in [3.8, 4) is 5.75 Å². The largest absolute Gasteiger partial charge is 0.494 e. The number of carbonyl (C=O) groups excluding carboxylic acids is 1. The van der Waals surface area contributed by atoms with Crippen LogP contribution in [-0.4, -0.2) is 72.1 Å². The summed E-state index contributed by atoms with van der Waals surface area (Å²) in [5, 5.41) is 5.31. The van der Waals surface area contributed by atoms with E-state index in [1.165, 1.54) is 11.3 Å². The van der Waals surface area contributed by atoms with Crippen molar-refractivity contribution in [3.63, 3.8) is 0 Å². The van der Waals surface area contributed by atoms with Crippen molar-refractivity contribution in [3.05, 3.63) is 35.1 Å². The molecule has 0 atom stereocenters. The maximum absolute atomic E-state index is 13.3. The number of halogens is 2. The highest BCUT2D eigenvalue weighted by Gasteiger charge is 2.26. The van der Waals surface area contributed by atoms with Crippen LogP contribution >= 0.6 is 35.3 Å². The van der Waals surface area contributed by atoms with E-state index < -0.39 is 0 Å². The number of benzene rings is 1. The number of carbonyl (C=O) groups is 1. The van der Waals surface area contributed by atoms with Gasteiger partial charge in [0.05, 0.1) is 30.0 Å². The second kappa shape index (κ2) is 9.93. The number of fused-ring (bicyclic) bond motifs is 1. The Labute approximate surface area is 189 Å². The van der Waals surface area contributed by atoms with Crippen LogP contribution in [0.1, 0.15) is 10.5 Å². The molecule has 30 heavy (non-hydrogen) atoms. The zero-order valence-electron chi connectivity index (χ0n) is 16.7. The average Bonchev–Trinajstić information content (AvgIpc) is 3.36. The molecule has 8 nitrogen and oxygen atoms in total. The Balaban J connectivity index is 0.00000256. The molecule has 3 aromatic rings. The molecule has 1 fully saturated rings. The van der Waals surface area contributed by atoms with E-state index in [-0.39, 0.29) is 18.3 Å². The molecule has 1 saturated heterocycles. The molecule has 1 aliphatic rings. The zero-order chi connectivity index (χ0) is 20.4. The van der Waals surface area contributed by atoms with Crippen LogP contribution in [0.15, 0.2) is 24.4 Å². The van der Waals surface area contributed by atoms with Gasteiger partial charge in [0, 0.05) is 39.4 Å². The summed E-state index contributed by atoms with van der Waals surface area (Å²) >= 11 is 7.77. The molecule has 4 rings (SSSR count). The lowest BCUT2D eigenvalue weighted by Gasteiger charge is -2.29. The first-order chi connectivity index (χ1) is 14.1. The molecule has 0 aliphatic carbocycles. The number of methoxy groups -OCH3 is 1. The van der Waals surface area contributed by atoms with Gasteiger partial charge in [0.25, 0.3) is 5.91 Å². The van der Waals surface area contributed by atoms with Gasteiger partial charge in [-0.3, -0.25) is 19.3 Å². The Bertz CT molecular complexity index is 1020. The Morgan fingerprint density at radius 3 is 2.77 bits per heavy atom. The van der Waals surface area contributed by atoms with Crippen molar-refractivity contribution < 1.29 is 14.3 Å². The smallest absolute Gasteiger partial charge is 0.278 e. The van der Waals surface area contributed by atoms with Crippen LogP contribution in [0.2, 0.25) is 5.02 Å². The molecular formula is C19H23Cl2N5O3S. The van der Waals surface area contributed by atoms with E-state index in [1.807, 2.05) is 0 Å². The molecule has 0 bridgehead atoms. The maximum Gasteiger partial charge on any atom is 0.278 e. The number of amides is 1. The first kappa shape index (κ1) is 22.8. The van der Waals surface area contributed by atoms with Gasteiger partial charge in [0.2, 0.25) is 0 Å². The number of hydrogen-bond donors (Lipinski definition) is 0. The summed E-state index contributed by atoms with van der Waals surface area (Å²) in [7, 11) is 3.35. The number of thiazole rings is 1. The van der Waals surface area contributed by atoms with Gasteiger partial charge in [-0.15, -0.1) is 12.4 Å². The SMILES string of the molecule is COc1ccc(Cl)c2sc(N(CCN3CCOCC3)C(=O)c3ccnn3C)nc12.Cl. The lowest BCUT2D eigenvalue weighted by atomic mass is 10.3. The fraction of sp³-hybridized carbons (Fsp3) is 0.421. The number of anilines is 1. The number of ether oxygens (including phenoxy) is 2. The number of aromatic nitrogens is 3. The van der Waals surface area contributed by atoms with Gasteiger partial charge in [-0.1, -0.05) is 22.9 Å². The molecule has 11 heteroatoms. The highest BCUT2D eigenvalue weighted by Crippen LogP contribution is 2.39. The first-order valence-electron chi connectivity index (χ1n) is 9.31. The summed E-state index contributed by atoms with van der Waals surface area (Å²) in [4.78, 5) is 22.0. The van der Waals surface area contributed by atoms with E-state index in [4.69, 9.17) is 26.1 Å². The van der Waals surface area contributed by atoms with Crippen LogP contribution in [0.3, 0.4) is 0 Å². The van der Waals surface area contributed by atoms with E-state index in [1.54, 1.807) is 48.1 Å². The van der Waals surface area contributed by atoms with Crippen LogP contribution in [0.25, 0.3) is 10.2 Å². The predicted molar refractivity (Wildman–Crippen MR) is 121 cm³/mol. The number of nitrogens with zero attached hydrogens (tertiary/aromatic N) is 5. The molecule has 2 aromatic heterocycles. The number of aryl methyl sites for hydroxylation is 1. The van der Waals surface area contributed by atoms with Crippen molar-refractivity contribution >= 4 is 56.6 Å². The number of rotatable bonds is 6. The van der Waals surface area contributed by atoms with E-state index >= 15 is 0 Å². The average molecular weight is 472 g/mol.